The highest BCUT2D eigenvalue weighted by Gasteiger charge is 1.88. The SMILES string of the molecule is CON=Cc1ccc(Br)cn1. The van der Waals surface area contributed by atoms with E-state index in [1.54, 1.807) is 12.4 Å². The van der Waals surface area contributed by atoms with Crippen molar-refractivity contribution in [3.05, 3.63) is 28.5 Å². The molecule has 0 aromatic carbocycles. The average molecular weight is 215 g/mol. The van der Waals surface area contributed by atoms with Crippen molar-refractivity contribution in [3.63, 3.8) is 0 Å². The van der Waals surface area contributed by atoms with Gasteiger partial charge in [0.05, 0.1) is 11.9 Å². The van der Waals surface area contributed by atoms with Crippen LogP contribution in [0, 0.1) is 0 Å². The molecule has 0 saturated carbocycles. The van der Waals surface area contributed by atoms with Gasteiger partial charge in [-0.05, 0) is 28.1 Å². The normalized spacial score (nSPS) is 10.4. The molecule has 1 rings (SSSR count). The van der Waals surface area contributed by atoms with E-state index in [0.717, 1.165) is 10.2 Å². The number of rotatable bonds is 2. The van der Waals surface area contributed by atoms with Gasteiger partial charge in [-0.25, -0.2) is 0 Å². The molecule has 0 aliphatic heterocycles. The summed E-state index contributed by atoms with van der Waals surface area (Å²) in [6.45, 7) is 0. The summed E-state index contributed by atoms with van der Waals surface area (Å²) in [6.07, 6.45) is 3.25. The molecule has 0 aliphatic carbocycles. The Morgan fingerprint density at radius 2 is 2.45 bits per heavy atom. The Kier molecular flexibility index (Phi) is 3.04. The summed E-state index contributed by atoms with van der Waals surface area (Å²) in [6, 6.07) is 3.73. The van der Waals surface area contributed by atoms with Crippen LogP contribution in [0.25, 0.3) is 0 Å². The minimum atomic E-state index is 0.773. The molecule has 4 heteroatoms. The molecule has 0 spiro atoms. The van der Waals surface area contributed by atoms with Gasteiger partial charge in [0.15, 0.2) is 0 Å². The third kappa shape index (κ3) is 2.67. The summed E-state index contributed by atoms with van der Waals surface area (Å²) in [5.41, 5.74) is 0.773. The van der Waals surface area contributed by atoms with E-state index in [0.29, 0.717) is 0 Å². The van der Waals surface area contributed by atoms with Gasteiger partial charge in [-0.2, -0.15) is 0 Å². The zero-order chi connectivity index (χ0) is 8.10. The van der Waals surface area contributed by atoms with Gasteiger partial charge in [-0.3, -0.25) is 4.98 Å². The van der Waals surface area contributed by atoms with E-state index >= 15 is 0 Å². The first-order valence-electron chi connectivity index (χ1n) is 3.01. The number of nitrogens with zero attached hydrogens (tertiary/aromatic N) is 2. The highest BCUT2D eigenvalue weighted by Crippen LogP contribution is 2.05. The van der Waals surface area contributed by atoms with Crippen LogP contribution in [-0.2, 0) is 4.84 Å². The fourth-order valence-electron chi connectivity index (χ4n) is 0.570. The van der Waals surface area contributed by atoms with Gasteiger partial charge in [0.2, 0.25) is 0 Å². The summed E-state index contributed by atoms with van der Waals surface area (Å²) in [4.78, 5) is 8.53. The van der Waals surface area contributed by atoms with Gasteiger partial charge >= 0.3 is 0 Å². The molecular weight excluding hydrogens is 208 g/mol. The van der Waals surface area contributed by atoms with Gasteiger partial charge in [0.25, 0.3) is 0 Å². The highest BCUT2D eigenvalue weighted by molar-refractivity contribution is 9.10. The van der Waals surface area contributed by atoms with E-state index in [4.69, 9.17) is 0 Å². The zero-order valence-corrected chi connectivity index (χ0v) is 7.58. The molecule has 0 N–H and O–H groups in total. The number of halogens is 1. The summed E-state index contributed by atoms with van der Waals surface area (Å²) >= 11 is 3.28. The molecule has 1 aromatic rings. The second-order valence-corrected chi connectivity index (χ2v) is 2.73. The molecule has 58 valence electrons. The first-order chi connectivity index (χ1) is 5.33. The summed E-state index contributed by atoms with van der Waals surface area (Å²) in [5, 5.41) is 3.57. The Labute approximate surface area is 73.2 Å². The molecule has 0 unspecified atom stereocenters. The first-order valence-corrected chi connectivity index (χ1v) is 3.80. The third-order valence-electron chi connectivity index (χ3n) is 1.04. The van der Waals surface area contributed by atoms with Gasteiger partial charge in [0.1, 0.15) is 7.11 Å². The Bertz CT molecular complexity index is 245. The number of hydrogen-bond acceptors (Lipinski definition) is 3. The second kappa shape index (κ2) is 4.08. The van der Waals surface area contributed by atoms with Crippen molar-refractivity contribution in [2.75, 3.05) is 7.11 Å². The molecule has 0 aliphatic rings. The molecule has 0 atom stereocenters. The predicted octanol–water partition coefficient (Wildman–Crippen LogP) is 1.82. The van der Waals surface area contributed by atoms with E-state index in [9.17, 15) is 0 Å². The Morgan fingerprint density at radius 1 is 1.64 bits per heavy atom. The molecular formula is C7H7BrN2O. The largest absolute Gasteiger partial charge is 0.399 e. The minimum Gasteiger partial charge on any atom is -0.399 e. The van der Waals surface area contributed by atoms with E-state index in [-0.39, 0.29) is 0 Å². The van der Waals surface area contributed by atoms with Crippen molar-refractivity contribution < 1.29 is 4.84 Å². The summed E-state index contributed by atoms with van der Waals surface area (Å²) in [7, 11) is 1.50. The van der Waals surface area contributed by atoms with Crippen molar-refractivity contribution in [1.82, 2.24) is 4.98 Å². The average Bonchev–Trinajstić information content (AvgIpc) is 2.04. The first kappa shape index (κ1) is 8.20. The lowest BCUT2D eigenvalue weighted by Gasteiger charge is -1.90. The maximum absolute atomic E-state index is 4.49. The van der Waals surface area contributed by atoms with Crippen LogP contribution in [-0.4, -0.2) is 18.3 Å². The molecule has 0 amide bonds. The number of pyridine rings is 1. The minimum absolute atomic E-state index is 0.773. The summed E-state index contributed by atoms with van der Waals surface area (Å²) in [5.74, 6) is 0. The maximum atomic E-state index is 4.49. The quantitative estimate of drug-likeness (QED) is 0.557. The van der Waals surface area contributed by atoms with Gasteiger partial charge in [-0.1, -0.05) is 5.16 Å². The third-order valence-corrected chi connectivity index (χ3v) is 1.51. The van der Waals surface area contributed by atoms with E-state index < -0.39 is 0 Å². The topological polar surface area (TPSA) is 34.5 Å². The van der Waals surface area contributed by atoms with Crippen LogP contribution in [0.4, 0.5) is 0 Å². The van der Waals surface area contributed by atoms with Crippen LogP contribution in [0.1, 0.15) is 5.69 Å². The summed E-state index contributed by atoms with van der Waals surface area (Å²) < 4.78 is 0.951. The van der Waals surface area contributed by atoms with E-state index in [1.807, 2.05) is 12.1 Å². The molecule has 1 heterocycles. The van der Waals surface area contributed by atoms with E-state index in [2.05, 4.69) is 30.9 Å². The Morgan fingerprint density at radius 3 is 3.00 bits per heavy atom. The Balaban J connectivity index is 2.73. The lowest BCUT2D eigenvalue weighted by atomic mass is 10.4. The van der Waals surface area contributed by atoms with Crippen molar-refractivity contribution in [2.45, 2.75) is 0 Å². The number of oxime groups is 1. The Hall–Kier alpha value is -0.900. The molecule has 0 radical (unpaired) electrons. The van der Waals surface area contributed by atoms with Crippen molar-refractivity contribution >= 4 is 22.1 Å². The fourth-order valence-corrected chi connectivity index (χ4v) is 0.805. The van der Waals surface area contributed by atoms with Crippen molar-refractivity contribution in [3.8, 4) is 0 Å². The van der Waals surface area contributed by atoms with E-state index in [1.165, 1.54) is 7.11 Å². The van der Waals surface area contributed by atoms with Crippen molar-refractivity contribution in [2.24, 2.45) is 5.16 Å². The monoisotopic (exact) mass is 214 g/mol. The lowest BCUT2D eigenvalue weighted by Crippen LogP contribution is -1.85. The molecule has 1 aromatic heterocycles. The zero-order valence-electron chi connectivity index (χ0n) is 5.99. The lowest BCUT2D eigenvalue weighted by molar-refractivity contribution is 0.215. The standard InChI is InChI=1S/C7H7BrN2O/c1-11-10-5-7-3-2-6(8)4-9-7/h2-5H,1H3. The molecule has 0 bridgehead atoms. The van der Waals surface area contributed by atoms with Gasteiger partial charge in [0, 0.05) is 10.7 Å². The number of hydrogen-bond donors (Lipinski definition) is 0. The fraction of sp³-hybridized carbons (Fsp3) is 0.143. The second-order valence-electron chi connectivity index (χ2n) is 1.82. The highest BCUT2D eigenvalue weighted by atomic mass is 79.9. The van der Waals surface area contributed by atoms with Crippen LogP contribution in [0.15, 0.2) is 28.0 Å². The van der Waals surface area contributed by atoms with Crippen LogP contribution in [0.3, 0.4) is 0 Å². The van der Waals surface area contributed by atoms with Crippen LogP contribution < -0.4 is 0 Å². The smallest absolute Gasteiger partial charge is 0.106 e. The van der Waals surface area contributed by atoms with Crippen LogP contribution in [0.2, 0.25) is 0 Å². The van der Waals surface area contributed by atoms with Crippen LogP contribution in [0.5, 0.6) is 0 Å². The van der Waals surface area contributed by atoms with Gasteiger partial charge < -0.3 is 4.84 Å². The number of aromatic nitrogens is 1. The van der Waals surface area contributed by atoms with Crippen LogP contribution >= 0.6 is 15.9 Å². The molecule has 3 nitrogen and oxygen atoms in total. The molecule has 0 saturated heterocycles. The maximum Gasteiger partial charge on any atom is 0.106 e. The predicted molar refractivity (Wildman–Crippen MR) is 46.5 cm³/mol. The van der Waals surface area contributed by atoms with Crippen molar-refractivity contribution in [1.29, 1.82) is 0 Å². The molecule has 11 heavy (non-hydrogen) atoms. The van der Waals surface area contributed by atoms with Gasteiger partial charge in [-0.15, -0.1) is 0 Å². The molecule has 0 fully saturated rings.